The highest BCUT2D eigenvalue weighted by Gasteiger charge is 2.28. The maximum Gasteiger partial charge on any atom is 0.263 e. The van der Waals surface area contributed by atoms with E-state index in [0.29, 0.717) is 13.0 Å². The van der Waals surface area contributed by atoms with Gasteiger partial charge in [-0.2, -0.15) is 0 Å². The van der Waals surface area contributed by atoms with Gasteiger partial charge in [0, 0.05) is 30.1 Å². The number of hydrogen-bond acceptors (Lipinski definition) is 4. The Labute approximate surface area is 158 Å². The number of nitrogens with zero attached hydrogens (tertiary/aromatic N) is 2. The van der Waals surface area contributed by atoms with Crippen LogP contribution >= 0.6 is 11.3 Å². The van der Waals surface area contributed by atoms with Crippen LogP contribution in [0.4, 0.5) is 0 Å². The zero-order valence-corrected chi connectivity index (χ0v) is 16.1. The van der Waals surface area contributed by atoms with Crippen molar-refractivity contribution in [1.29, 1.82) is 0 Å². The quantitative estimate of drug-likeness (QED) is 0.849. The number of rotatable bonds is 6. The molecule has 0 saturated heterocycles. The predicted molar refractivity (Wildman–Crippen MR) is 103 cm³/mol. The number of pyridine rings is 1. The fourth-order valence-electron chi connectivity index (χ4n) is 3.34. The molecular weight excluding hydrogens is 346 g/mol. The van der Waals surface area contributed by atoms with E-state index in [9.17, 15) is 9.59 Å². The van der Waals surface area contributed by atoms with E-state index < -0.39 is 0 Å². The fourth-order valence-corrected chi connectivity index (χ4v) is 4.52. The van der Waals surface area contributed by atoms with Gasteiger partial charge < -0.3 is 10.2 Å². The minimum absolute atomic E-state index is 0.0304. The molecule has 0 radical (unpaired) electrons. The summed E-state index contributed by atoms with van der Waals surface area (Å²) in [5.41, 5.74) is 2.02. The second kappa shape index (κ2) is 8.45. The molecular formula is C20H25N3O2S. The lowest BCUT2D eigenvalue weighted by molar-refractivity contribution is -0.125. The number of thiophene rings is 1. The van der Waals surface area contributed by atoms with E-state index in [0.717, 1.165) is 42.1 Å². The van der Waals surface area contributed by atoms with E-state index >= 15 is 0 Å². The van der Waals surface area contributed by atoms with E-state index in [-0.39, 0.29) is 17.7 Å². The summed E-state index contributed by atoms with van der Waals surface area (Å²) in [6, 6.07) is 7.69. The second-order valence-electron chi connectivity index (χ2n) is 6.52. The summed E-state index contributed by atoms with van der Waals surface area (Å²) < 4.78 is 0. The van der Waals surface area contributed by atoms with Crippen molar-refractivity contribution < 1.29 is 9.59 Å². The average Bonchev–Trinajstić information content (AvgIpc) is 3.11. The molecule has 26 heavy (non-hydrogen) atoms. The zero-order chi connectivity index (χ0) is 18.5. The van der Waals surface area contributed by atoms with Gasteiger partial charge in [0.1, 0.15) is 0 Å². The molecule has 2 aromatic rings. The van der Waals surface area contributed by atoms with Crippen molar-refractivity contribution in [1.82, 2.24) is 15.2 Å². The minimum atomic E-state index is -0.0304. The summed E-state index contributed by atoms with van der Waals surface area (Å²) in [7, 11) is 0. The molecule has 1 aliphatic rings. The smallest absolute Gasteiger partial charge is 0.263 e. The number of amides is 2. The topological polar surface area (TPSA) is 62.3 Å². The molecule has 2 heterocycles. The van der Waals surface area contributed by atoms with E-state index in [4.69, 9.17) is 0 Å². The number of nitrogens with one attached hydrogen (secondary N) is 1. The van der Waals surface area contributed by atoms with Gasteiger partial charge in [-0.1, -0.05) is 6.07 Å². The van der Waals surface area contributed by atoms with Gasteiger partial charge in [0.05, 0.1) is 17.1 Å². The highest BCUT2D eigenvalue weighted by molar-refractivity contribution is 7.14. The lowest BCUT2D eigenvalue weighted by Gasteiger charge is -2.21. The van der Waals surface area contributed by atoms with Crippen molar-refractivity contribution in [2.75, 3.05) is 13.1 Å². The number of hydrogen-bond donors (Lipinski definition) is 1. The van der Waals surface area contributed by atoms with Gasteiger partial charge in [-0.25, -0.2) is 0 Å². The normalized spacial score (nSPS) is 16.0. The molecule has 2 aromatic heterocycles. The number of aryl methyl sites for hydroxylation is 1. The maximum atomic E-state index is 12.5. The van der Waals surface area contributed by atoms with Crippen LogP contribution in [0.2, 0.25) is 0 Å². The van der Waals surface area contributed by atoms with Gasteiger partial charge in [-0.3, -0.25) is 14.6 Å². The molecule has 0 fully saturated rings. The number of carbonyl (C=O) groups excluding carboxylic acids is 2. The molecule has 0 spiro atoms. The predicted octanol–water partition coefficient (Wildman–Crippen LogP) is 3.05. The average molecular weight is 372 g/mol. The van der Waals surface area contributed by atoms with Gasteiger partial charge in [0.25, 0.3) is 5.91 Å². The summed E-state index contributed by atoms with van der Waals surface area (Å²) in [5, 5.41) is 2.99. The van der Waals surface area contributed by atoms with Crippen LogP contribution in [0, 0.1) is 5.92 Å². The molecule has 2 amide bonds. The van der Waals surface area contributed by atoms with Crippen LogP contribution in [0.3, 0.4) is 0 Å². The molecule has 0 saturated carbocycles. The third-order valence-corrected chi connectivity index (χ3v) is 6.11. The molecule has 138 valence electrons. The third kappa shape index (κ3) is 4.12. The van der Waals surface area contributed by atoms with Crippen LogP contribution in [0.15, 0.2) is 30.5 Å². The van der Waals surface area contributed by atoms with Gasteiger partial charge in [-0.05, 0) is 56.9 Å². The molecule has 1 N–H and O–H groups in total. The van der Waals surface area contributed by atoms with E-state index in [1.807, 2.05) is 43.0 Å². The Morgan fingerprint density at radius 3 is 2.81 bits per heavy atom. The molecule has 3 rings (SSSR count). The van der Waals surface area contributed by atoms with E-state index in [1.165, 1.54) is 4.88 Å². The minimum Gasteiger partial charge on any atom is -0.350 e. The van der Waals surface area contributed by atoms with Crippen LogP contribution in [0.25, 0.3) is 0 Å². The Kier molecular flexibility index (Phi) is 6.04. The standard InChI is InChI=1S/C20H25N3O2S/c1-3-23(4-2)20(25)18-12-15-11-14(8-9-17(15)26-18)19(24)22-13-16-7-5-6-10-21-16/h5-7,10,12,14H,3-4,8-9,11,13H2,1-2H3,(H,22,24). The van der Waals surface area contributed by atoms with E-state index in [2.05, 4.69) is 10.3 Å². The van der Waals surface area contributed by atoms with Crippen LogP contribution in [0.1, 0.15) is 46.1 Å². The van der Waals surface area contributed by atoms with Crippen molar-refractivity contribution >= 4 is 23.2 Å². The zero-order valence-electron chi connectivity index (χ0n) is 15.3. The largest absolute Gasteiger partial charge is 0.350 e. The highest BCUT2D eigenvalue weighted by atomic mass is 32.1. The summed E-state index contributed by atoms with van der Waals surface area (Å²) >= 11 is 1.59. The Bertz CT molecular complexity index is 769. The molecule has 1 unspecified atom stereocenters. The Morgan fingerprint density at radius 2 is 2.12 bits per heavy atom. The maximum absolute atomic E-state index is 12.5. The van der Waals surface area contributed by atoms with Gasteiger partial charge in [-0.15, -0.1) is 11.3 Å². The summed E-state index contributed by atoms with van der Waals surface area (Å²) in [6.07, 6.45) is 4.15. The first-order valence-electron chi connectivity index (χ1n) is 9.20. The second-order valence-corrected chi connectivity index (χ2v) is 7.65. The van der Waals surface area contributed by atoms with E-state index in [1.54, 1.807) is 17.5 Å². The third-order valence-electron chi connectivity index (χ3n) is 4.88. The monoisotopic (exact) mass is 371 g/mol. The number of fused-ring (bicyclic) bond motifs is 1. The summed E-state index contributed by atoms with van der Waals surface area (Å²) in [6.45, 7) is 5.89. The SMILES string of the molecule is CCN(CC)C(=O)c1cc2c(s1)CCC(C(=O)NCc1ccccn1)C2. The molecule has 6 heteroatoms. The lowest BCUT2D eigenvalue weighted by Crippen LogP contribution is -2.33. The molecule has 0 aromatic carbocycles. The van der Waals surface area contributed by atoms with Crippen LogP contribution in [-0.2, 0) is 24.2 Å². The number of carbonyl (C=O) groups is 2. The first-order valence-corrected chi connectivity index (χ1v) is 10.0. The van der Waals surface area contributed by atoms with Crippen molar-refractivity contribution in [3.05, 3.63) is 51.5 Å². The van der Waals surface area contributed by atoms with Crippen LogP contribution in [0.5, 0.6) is 0 Å². The molecule has 5 nitrogen and oxygen atoms in total. The molecule has 0 aliphatic heterocycles. The van der Waals surface area contributed by atoms with Gasteiger partial charge in [0.2, 0.25) is 5.91 Å². The molecule has 1 aliphatic carbocycles. The van der Waals surface area contributed by atoms with Crippen molar-refractivity contribution in [3.8, 4) is 0 Å². The molecule has 1 atom stereocenters. The Hall–Kier alpha value is -2.21. The summed E-state index contributed by atoms with van der Waals surface area (Å²) in [4.78, 5) is 33.2. The van der Waals surface area contributed by atoms with Crippen LogP contribution in [-0.4, -0.2) is 34.8 Å². The first kappa shape index (κ1) is 18.6. The number of aromatic nitrogens is 1. The first-order chi connectivity index (χ1) is 12.6. The van der Waals surface area contributed by atoms with Gasteiger partial charge >= 0.3 is 0 Å². The molecule has 0 bridgehead atoms. The van der Waals surface area contributed by atoms with Crippen molar-refractivity contribution in [2.24, 2.45) is 5.92 Å². The van der Waals surface area contributed by atoms with Crippen molar-refractivity contribution in [2.45, 2.75) is 39.7 Å². The fraction of sp³-hybridized carbons (Fsp3) is 0.450. The Balaban J connectivity index is 1.62. The van der Waals surface area contributed by atoms with Gasteiger partial charge in [0.15, 0.2) is 0 Å². The lowest BCUT2D eigenvalue weighted by atomic mass is 9.87. The van der Waals surface area contributed by atoms with Crippen LogP contribution < -0.4 is 5.32 Å². The summed E-state index contributed by atoms with van der Waals surface area (Å²) in [5.74, 6) is 0.145. The Morgan fingerprint density at radius 1 is 1.31 bits per heavy atom. The highest BCUT2D eigenvalue weighted by Crippen LogP contribution is 2.33. The van der Waals surface area contributed by atoms with Crippen molar-refractivity contribution in [3.63, 3.8) is 0 Å².